The molecule has 1 saturated heterocycles. The second-order valence-corrected chi connectivity index (χ2v) is 3.87. The summed E-state index contributed by atoms with van der Waals surface area (Å²) in [5.41, 5.74) is 0. The van der Waals surface area contributed by atoms with E-state index in [1.165, 1.54) is 0 Å². The zero-order valence-electron chi connectivity index (χ0n) is 8.88. The van der Waals surface area contributed by atoms with E-state index in [0.29, 0.717) is 18.6 Å². The summed E-state index contributed by atoms with van der Waals surface area (Å²) in [5, 5.41) is 3.47. The first-order valence-corrected chi connectivity index (χ1v) is 5.16. The lowest BCUT2D eigenvalue weighted by Crippen LogP contribution is -2.50. The van der Waals surface area contributed by atoms with Gasteiger partial charge in [-0.15, -0.1) is 0 Å². The molecule has 1 fully saturated rings. The second-order valence-electron chi connectivity index (χ2n) is 3.87. The van der Waals surface area contributed by atoms with Crippen molar-refractivity contribution >= 4 is 0 Å². The van der Waals surface area contributed by atoms with E-state index in [9.17, 15) is 0 Å². The van der Waals surface area contributed by atoms with Crippen molar-refractivity contribution in [1.29, 1.82) is 0 Å². The van der Waals surface area contributed by atoms with Crippen molar-refractivity contribution in [2.75, 3.05) is 26.4 Å². The minimum absolute atomic E-state index is 0.245. The Morgan fingerprint density at radius 1 is 1.54 bits per heavy atom. The number of morpholine rings is 1. The van der Waals surface area contributed by atoms with Crippen LogP contribution in [0.3, 0.4) is 0 Å². The van der Waals surface area contributed by atoms with Crippen LogP contribution in [-0.4, -0.2) is 38.5 Å². The summed E-state index contributed by atoms with van der Waals surface area (Å²) in [7, 11) is 0. The Morgan fingerprint density at radius 2 is 2.31 bits per heavy atom. The van der Waals surface area contributed by atoms with Gasteiger partial charge in [-0.25, -0.2) is 0 Å². The normalized spacial score (nSPS) is 29.5. The molecule has 0 aromatic rings. The maximum Gasteiger partial charge on any atom is 0.0933 e. The molecule has 13 heavy (non-hydrogen) atoms. The first-order valence-electron chi connectivity index (χ1n) is 5.16. The van der Waals surface area contributed by atoms with Crippen molar-refractivity contribution in [1.82, 2.24) is 5.32 Å². The van der Waals surface area contributed by atoms with Crippen LogP contribution in [0.4, 0.5) is 0 Å². The van der Waals surface area contributed by atoms with Crippen LogP contribution in [0.15, 0.2) is 0 Å². The summed E-state index contributed by atoms with van der Waals surface area (Å²) in [6, 6.07) is 0.512. The van der Waals surface area contributed by atoms with E-state index in [1.54, 1.807) is 0 Å². The van der Waals surface area contributed by atoms with Gasteiger partial charge in [-0.3, -0.25) is 0 Å². The summed E-state index contributed by atoms with van der Waals surface area (Å²) in [6.45, 7) is 9.65. The van der Waals surface area contributed by atoms with Crippen LogP contribution in [0.5, 0.6) is 0 Å². The number of hydrogen-bond donors (Lipinski definition) is 1. The van der Waals surface area contributed by atoms with E-state index >= 15 is 0 Å². The monoisotopic (exact) mass is 187 g/mol. The van der Waals surface area contributed by atoms with E-state index in [2.05, 4.69) is 19.2 Å². The average Bonchev–Trinajstić information content (AvgIpc) is 2.15. The standard InChI is InChI=1S/C10H21NO2/c1-4-12-6-9-5-11-10(7-13-9)8(2)3/h8-11H,4-7H2,1-3H3. The third-order valence-electron chi connectivity index (χ3n) is 2.43. The minimum Gasteiger partial charge on any atom is -0.379 e. The molecule has 78 valence electrons. The van der Waals surface area contributed by atoms with Gasteiger partial charge in [-0.2, -0.15) is 0 Å². The first-order chi connectivity index (χ1) is 6.24. The Labute approximate surface area is 80.8 Å². The Kier molecular flexibility index (Phi) is 4.70. The van der Waals surface area contributed by atoms with Gasteiger partial charge in [0.05, 0.1) is 19.3 Å². The molecule has 0 aromatic carbocycles. The zero-order valence-corrected chi connectivity index (χ0v) is 8.88. The first kappa shape index (κ1) is 11.0. The lowest BCUT2D eigenvalue weighted by atomic mass is 10.0. The Bertz CT molecular complexity index is 131. The highest BCUT2D eigenvalue weighted by molar-refractivity contribution is 4.77. The largest absolute Gasteiger partial charge is 0.379 e. The van der Waals surface area contributed by atoms with E-state index < -0.39 is 0 Å². The predicted molar refractivity (Wildman–Crippen MR) is 52.9 cm³/mol. The van der Waals surface area contributed by atoms with Gasteiger partial charge in [0.25, 0.3) is 0 Å². The van der Waals surface area contributed by atoms with Gasteiger partial charge in [0.15, 0.2) is 0 Å². The number of hydrogen-bond acceptors (Lipinski definition) is 3. The van der Waals surface area contributed by atoms with Crippen LogP contribution >= 0.6 is 0 Å². The molecular weight excluding hydrogens is 166 g/mol. The Hall–Kier alpha value is -0.120. The topological polar surface area (TPSA) is 30.5 Å². The molecular formula is C10H21NO2. The van der Waals surface area contributed by atoms with E-state index in [0.717, 1.165) is 19.8 Å². The molecule has 3 nitrogen and oxygen atoms in total. The zero-order chi connectivity index (χ0) is 9.68. The maximum atomic E-state index is 5.67. The van der Waals surface area contributed by atoms with Crippen molar-refractivity contribution in [2.24, 2.45) is 5.92 Å². The molecule has 1 aliphatic rings. The van der Waals surface area contributed by atoms with Gasteiger partial charge in [0.1, 0.15) is 0 Å². The van der Waals surface area contributed by atoms with Gasteiger partial charge >= 0.3 is 0 Å². The average molecular weight is 187 g/mol. The van der Waals surface area contributed by atoms with E-state index in [1.807, 2.05) is 6.92 Å². The quantitative estimate of drug-likeness (QED) is 0.713. The SMILES string of the molecule is CCOCC1CNC(C(C)C)CO1. The molecule has 1 rings (SSSR count). The fourth-order valence-corrected chi connectivity index (χ4v) is 1.42. The lowest BCUT2D eigenvalue weighted by Gasteiger charge is -2.32. The molecule has 1 aliphatic heterocycles. The molecule has 0 saturated carbocycles. The van der Waals surface area contributed by atoms with Crippen LogP contribution in [-0.2, 0) is 9.47 Å². The lowest BCUT2D eigenvalue weighted by molar-refractivity contribution is -0.0501. The van der Waals surface area contributed by atoms with Gasteiger partial charge in [0.2, 0.25) is 0 Å². The number of nitrogens with one attached hydrogen (secondary N) is 1. The van der Waals surface area contributed by atoms with Crippen LogP contribution in [0.2, 0.25) is 0 Å². The summed E-state index contributed by atoms with van der Waals surface area (Å²) in [5.74, 6) is 0.646. The third kappa shape index (κ3) is 3.63. The van der Waals surface area contributed by atoms with Crippen LogP contribution in [0.25, 0.3) is 0 Å². The highest BCUT2D eigenvalue weighted by atomic mass is 16.5. The summed E-state index contributed by atoms with van der Waals surface area (Å²) < 4.78 is 11.0. The molecule has 0 bridgehead atoms. The van der Waals surface area contributed by atoms with Crippen LogP contribution in [0, 0.1) is 5.92 Å². The summed E-state index contributed by atoms with van der Waals surface area (Å²) in [4.78, 5) is 0. The fraction of sp³-hybridized carbons (Fsp3) is 1.00. The Morgan fingerprint density at radius 3 is 2.77 bits per heavy atom. The molecule has 2 unspecified atom stereocenters. The highest BCUT2D eigenvalue weighted by Gasteiger charge is 2.22. The molecule has 3 heteroatoms. The molecule has 0 amide bonds. The predicted octanol–water partition coefficient (Wildman–Crippen LogP) is 1.04. The van der Waals surface area contributed by atoms with Crippen molar-refractivity contribution in [2.45, 2.75) is 32.9 Å². The van der Waals surface area contributed by atoms with Crippen molar-refractivity contribution < 1.29 is 9.47 Å². The molecule has 0 aromatic heterocycles. The van der Waals surface area contributed by atoms with E-state index in [-0.39, 0.29) is 6.10 Å². The third-order valence-corrected chi connectivity index (χ3v) is 2.43. The van der Waals surface area contributed by atoms with Gasteiger partial charge in [-0.05, 0) is 12.8 Å². The number of rotatable bonds is 4. The van der Waals surface area contributed by atoms with E-state index in [4.69, 9.17) is 9.47 Å². The molecule has 1 N–H and O–H groups in total. The van der Waals surface area contributed by atoms with Gasteiger partial charge in [0, 0.05) is 19.2 Å². The molecule has 0 radical (unpaired) electrons. The van der Waals surface area contributed by atoms with Crippen LogP contribution < -0.4 is 5.32 Å². The van der Waals surface area contributed by atoms with Crippen molar-refractivity contribution in [3.8, 4) is 0 Å². The second kappa shape index (κ2) is 5.58. The molecule has 1 heterocycles. The van der Waals surface area contributed by atoms with Crippen molar-refractivity contribution in [3.63, 3.8) is 0 Å². The number of ether oxygens (including phenoxy) is 2. The smallest absolute Gasteiger partial charge is 0.0933 e. The van der Waals surface area contributed by atoms with Gasteiger partial charge in [-0.1, -0.05) is 13.8 Å². The molecule has 0 spiro atoms. The minimum atomic E-state index is 0.245. The summed E-state index contributed by atoms with van der Waals surface area (Å²) >= 11 is 0. The molecule has 0 aliphatic carbocycles. The van der Waals surface area contributed by atoms with Gasteiger partial charge < -0.3 is 14.8 Å². The van der Waals surface area contributed by atoms with Crippen LogP contribution in [0.1, 0.15) is 20.8 Å². The van der Waals surface area contributed by atoms with Crippen molar-refractivity contribution in [3.05, 3.63) is 0 Å². The molecule has 2 atom stereocenters. The maximum absolute atomic E-state index is 5.67. The Balaban J connectivity index is 2.15. The highest BCUT2D eigenvalue weighted by Crippen LogP contribution is 2.08. The fourth-order valence-electron chi connectivity index (χ4n) is 1.42. The summed E-state index contributed by atoms with van der Waals surface area (Å²) in [6.07, 6.45) is 0.245.